The molecule has 1 aliphatic heterocycles. The summed E-state index contributed by atoms with van der Waals surface area (Å²) in [6.07, 6.45) is 3.34. The van der Waals surface area contributed by atoms with Crippen molar-refractivity contribution in [1.29, 1.82) is 0 Å². The third kappa shape index (κ3) is 5.94. The molecule has 0 saturated carbocycles. The molecule has 0 aromatic heterocycles. The number of carbonyl (C=O) groups excluding carboxylic acids is 1. The summed E-state index contributed by atoms with van der Waals surface area (Å²) >= 11 is 7.38. The monoisotopic (exact) mass is 482 g/mol. The van der Waals surface area contributed by atoms with Crippen LogP contribution in [0.4, 0.5) is 5.69 Å². The van der Waals surface area contributed by atoms with Crippen molar-refractivity contribution < 1.29 is 17.9 Å². The van der Waals surface area contributed by atoms with Crippen LogP contribution in [-0.2, 0) is 14.8 Å². The molecule has 0 aliphatic carbocycles. The maximum Gasteiger partial charge on any atom is 0.246 e. The molecule has 3 rings (SSSR count). The lowest BCUT2D eigenvalue weighted by Gasteiger charge is -2.26. The van der Waals surface area contributed by atoms with E-state index < -0.39 is 10.0 Å². The summed E-state index contributed by atoms with van der Waals surface area (Å²) in [5.41, 5.74) is 0.427. The number of halogens is 1. The molecule has 1 amide bonds. The first kappa shape index (κ1) is 23.9. The van der Waals surface area contributed by atoms with Gasteiger partial charge < -0.3 is 10.1 Å². The standard InChI is InChI=1S/C22H27ClN2O4S2/c1-3-20(30-18-10-7-16(23)8-11-18)22(26)24-17-9-12-19(29-2)21(15-17)31(27,28)25-13-5-4-6-14-25/h7-12,15,20H,3-6,13-14H2,1-2H3,(H,24,26)/t20-/m1/s1. The lowest BCUT2D eigenvalue weighted by atomic mass is 10.2. The number of benzene rings is 2. The topological polar surface area (TPSA) is 75.7 Å². The molecule has 0 radical (unpaired) electrons. The molecule has 1 aliphatic rings. The first-order valence-electron chi connectivity index (χ1n) is 10.3. The fourth-order valence-electron chi connectivity index (χ4n) is 3.42. The Labute approximate surface area is 193 Å². The normalized spacial score (nSPS) is 16.0. The second-order valence-electron chi connectivity index (χ2n) is 7.29. The summed E-state index contributed by atoms with van der Waals surface area (Å²) in [6.45, 7) is 2.93. The Morgan fingerprint density at radius 2 is 1.84 bits per heavy atom. The SMILES string of the molecule is CC[C@@H](Sc1ccc(Cl)cc1)C(=O)Nc1ccc(OC)c(S(=O)(=O)N2CCCCC2)c1. The highest BCUT2D eigenvalue weighted by atomic mass is 35.5. The van der Waals surface area contributed by atoms with Gasteiger partial charge in [-0.15, -0.1) is 11.8 Å². The van der Waals surface area contributed by atoms with E-state index in [-0.39, 0.29) is 21.8 Å². The number of hydrogen-bond acceptors (Lipinski definition) is 5. The minimum Gasteiger partial charge on any atom is -0.495 e. The Hall–Kier alpha value is -1.74. The number of piperidine rings is 1. The second kappa shape index (κ2) is 10.7. The van der Waals surface area contributed by atoms with Gasteiger partial charge in [-0.1, -0.05) is 24.9 Å². The van der Waals surface area contributed by atoms with Gasteiger partial charge in [-0.25, -0.2) is 8.42 Å². The van der Waals surface area contributed by atoms with Gasteiger partial charge in [0.05, 0.1) is 12.4 Å². The van der Waals surface area contributed by atoms with Crippen LogP contribution < -0.4 is 10.1 Å². The average molecular weight is 483 g/mol. The molecule has 1 fully saturated rings. The lowest BCUT2D eigenvalue weighted by Crippen LogP contribution is -2.35. The predicted octanol–water partition coefficient (Wildman–Crippen LogP) is 5.03. The molecule has 0 unspecified atom stereocenters. The van der Waals surface area contributed by atoms with E-state index in [4.69, 9.17) is 16.3 Å². The maximum absolute atomic E-state index is 13.2. The van der Waals surface area contributed by atoms with Crippen LogP contribution in [0.25, 0.3) is 0 Å². The summed E-state index contributed by atoms with van der Waals surface area (Å²) in [4.78, 5) is 13.9. The summed E-state index contributed by atoms with van der Waals surface area (Å²) in [7, 11) is -2.26. The van der Waals surface area contributed by atoms with E-state index >= 15 is 0 Å². The van der Waals surface area contributed by atoms with Crippen LogP contribution in [0.1, 0.15) is 32.6 Å². The molecule has 0 bridgehead atoms. The fraction of sp³-hybridized carbons (Fsp3) is 0.409. The van der Waals surface area contributed by atoms with Gasteiger partial charge in [-0.05, 0) is 61.7 Å². The molecule has 6 nitrogen and oxygen atoms in total. The number of methoxy groups -OCH3 is 1. The third-order valence-corrected chi connectivity index (χ3v) is 8.67. The molecule has 1 N–H and O–H groups in total. The van der Waals surface area contributed by atoms with Crippen molar-refractivity contribution in [1.82, 2.24) is 4.31 Å². The van der Waals surface area contributed by atoms with Crippen molar-refractivity contribution in [3.63, 3.8) is 0 Å². The van der Waals surface area contributed by atoms with E-state index in [0.717, 1.165) is 24.2 Å². The van der Waals surface area contributed by atoms with Crippen LogP contribution >= 0.6 is 23.4 Å². The number of nitrogens with one attached hydrogen (secondary N) is 1. The number of ether oxygens (including phenoxy) is 1. The average Bonchev–Trinajstić information content (AvgIpc) is 2.79. The highest BCUT2D eigenvalue weighted by Crippen LogP contribution is 2.32. The molecular weight excluding hydrogens is 456 g/mol. The minimum absolute atomic E-state index is 0.0769. The minimum atomic E-state index is -3.70. The largest absolute Gasteiger partial charge is 0.495 e. The summed E-state index contributed by atoms with van der Waals surface area (Å²) < 4.78 is 33.2. The Balaban J connectivity index is 1.79. The van der Waals surface area contributed by atoms with E-state index in [1.54, 1.807) is 24.3 Å². The van der Waals surface area contributed by atoms with Crippen molar-refractivity contribution in [2.45, 2.75) is 47.6 Å². The third-order valence-electron chi connectivity index (χ3n) is 5.12. The van der Waals surface area contributed by atoms with Crippen molar-refractivity contribution in [2.24, 2.45) is 0 Å². The van der Waals surface area contributed by atoms with E-state index in [1.165, 1.54) is 29.2 Å². The highest BCUT2D eigenvalue weighted by molar-refractivity contribution is 8.00. The molecule has 1 atom stereocenters. The quantitative estimate of drug-likeness (QED) is 0.534. The van der Waals surface area contributed by atoms with Gasteiger partial charge in [0, 0.05) is 28.7 Å². The van der Waals surface area contributed by atoms with Gasteiger partial charge in [-0.2, -0.15) is 4.31 Å². The fourth-order valence-corrected chi connectivity index (χ4v) is 6.20. The number of sulfonamides is 1. The van der Waals surface area contributed by atoms with Crippen LogP contribution in [0.5, 0.6) is 5.75 Å². The number of carbonyl (C=O) groups is 1. The number of hydrogen-bond donors (Lipinski definition) is 1. The van der Waals surface area contributed by atoms with Crippen LogP contribution in [-0.4, -0.2) is 44.1 Å². The zero-order valence-electron chi connectivity index (χ0n) is 17.6. The van der Waals surface area contributed by atoms with Crippen LogP contribution in [0.2, 0.25) is 5.02 Å². The van der Waals surface area contributed by atoms with E-state index in [1.807, 2.05) is 19.1 Å². The summed E-state index contributed by atoms with van der Waals surface area (Å²) in [5, 5.41) is 3.18. The number of nitrogens with zero attached hydrogens (tertiary/aromatic N) is 1. The Morgan fingerprint density at radius 3 is 2.45 bits per heavy atom. The van der Waals surface area contributed by atoms with Crippen molar-refractivity contribution >= 4 is 45.0 Å². The van der Waals surface area contributed by atoms with Crippen LogP contribution in [0.3, 0.4) is 0 Å². The van der Waals surface area contributed by atoms with Crippen molar-refractivity contribution in [3.8, 4) is 5.75 Å². The number of amides is 1. The number of thioether (sulfide) groups is 1. The molecule has 31 heavy (non-hydrogen) atoms. The Morgan fingerprint density at radius 1 is 1.16 bits per heavy atom. The van der Waals surface area contributed by atoms with Gasteiger partial charge >= 0.3 is 0 Å². The number of rotatable bonds is 8. The van der Waals surface area contributed by atoms with Crippen molar-refractivity contribution in [3.05, 3.63) is 47.5 Å². The molecule has 2 aromatic rings. The molecule has 1 saturated heterocycles. The lowest BCUT2D eigenvalue weighted by molar-refractivity contribution is -0.115. The van der Waals surface area contributed by atoms with Crippen LogP contribution in [0, 0.1) is 0 Å². The van der Waals surface area contributed by atoms with E-state index in [0.29, 0.717) is 30.2 Å². The van der Waals surface area contributed by atoms with Gasteiger partial charge in [0.1, 0.15) is 10.6 Å². The Bertz CT molecular complexity index is 1010. The summed E-state index contributed by atoms with van der Waals surface area (Å²) in [5.74, 6) is 0.0834. The Kier molecular flexibility index (Phi) is 8.27. The first-order valence-corrected chi connectivity index (χ1v) is 13.0. The van der Waals surface area contributed by atoms with Gasteiger partial charge in [0.25, 0.3) is 0 Å². The molecular formula is C22H27ClN2O4S2. The van der Waals surface area contributed by atoms with Crippen molar-refractivity contribution in [2.75, 3.05) is 25.5 Å². The zero-order chi connectivity index (χ0) is 22.4. The first-order chi connectivity index (χ1) is 14.8. The molecule has 168 valence electrons. The van der Waals surface area contributed by atoms with Gasteiger partial charge in [0.15, 0.2) is 0 Å². The predicted molar refractivity (Wildman–Crippen MR) is 126 cm³/mol. The van der Waals surface area contributed by atoms with Gasteiger partial charge in [-0.3, -0.25) is 4.79 Å². The molecule has 9 heteroatoms. The second-order valence-corrected chi connectivity index (χ2v) is 10.9. The zero-order valence-corrected chi connectivity index (χ0v) is 20.0. The van der Waals surface area contributed by atoms with E-state index in [9.17, 15) is 13.2 Å². The summed E-state index contributed by atoms with van der Waals surface area (Å²) in [6, 6.07) is 12.1. The molecule has 2 aromatic carbocycles. The molecule has 1 heterocycles. The molecule has 0 spiro atoms. The number of anilines is 1. The smallest absolute Gasteiger partial charge is 0.246 e. The van der Waals surface area contributed by atoms with E-state index in [2.05, 4.69) is 5.32 Å². The maximum atomic E-state index is 13.2. The van der Waals surface area contributed by atoms with Crippen LogP contribution in [0.15, 0.2) is 52.3 Å². The highest BCUT2D eigenvalue weighted by Gasteiger charge is 2.29. The van der Waals surface area contributed by atoms with Gasteiger partial charge in [0.2, 0.25) is 15.9 Å².